The number of halogens is 1. The van der Waals surface area contributed by atoms with Crippen molar-refractivity contribution in [1.82, 2.24) is 10.3 Å². The smallest absolute Gasteiger partial charge is 0.213 e. The molecule has 0 spiro atoms. The molecule has 0 radical (unpaired) electrons. The van der Waals surface area contributed by atoms with Crippen LogP contribution in [0, 0.1) is 5.92 Å². The molecule has 96 valence electrons. The third-order valence-corrected chi connectivity index (χ3v) is 2.52. The van der Waals surface area contributed by atoms with Gasteiger partial charge in [0.1, 0.15) is 0 Å². The zero-order valence-electron chi connectivity index (χ0n) is 10.8. The second kappa shape index (κ2) is 7.51. The highest BCUT2D eigenvalue weighted by molar-refractivity contribution is 6.31. The molecule has 0 saturated carbocycles. The lowest BCUT2D eigenvalue weighted by atomic mass is 10.2. The van der Waals surface area contributed by atoms with Crippen LogP contribution in [-0.4, -0.2) is 18.1 Å². The lowest BCUT2D eigenvalue weighted by molar-refractivity contribution is 0.260. The average Bonchev–Trinajstić information content (AvgIpc) is 2.30. The van der Waals surface area contributed by atoms with Crippen molar-refractivity contribution in [2.24, 2.45) is 5.92 Å². The molecule has 0 aromatic carbocycles. The Morgan fingerprint density at radius 1 is 1.41 bits per heavy atom. The number of pyridine rings is 1. The fraction of sp³-hybridized carbons (Fsp3) is 0.615. The van der Waals surface area contributed by atoms with Crippen LogP contribution in [0.15, 0.2) is 12.1 Å². The van der Waals surface area contributed by atoms with Crippen LogP contribution in [0.3, 0.4) is 0 Å². The molecule has 0 aliphatic rings. The first-order valence-corrected chi connectivity index (χ1v) is 6.50. The van der Waals surface area contributed by atoms with Crippen LogP contribution in [0.4, 0.5) is 0 Å². The van der Waals surface area contributed by atoms with Crippen LogP contribution in [0.5, 0.6) is 5.88 Å². The molecule has 0 atom stereocenters. The lowest BCUT2D eigenvalue weighted by Gasteiger charge is -2.10. The van der Waals surface area contributed by atoms with E-state index in [1.165, 1.54) is 0 Å². The highest BCUT2D eigenvalue weighted by Crippen LogP contribution is 2.18. The first-order valence-electron chi connectivity index (χ1n) is 6.12. The van der Waals surface area contributed by atoms with Crippen LogP contribution < -0.4 is 10.1 Å². The van der Waals surface area contributed by atoms with Crippen LogP contribution >= 0.6 is 11.6 Å². The van der Waals surface area contributed by atoms with Gasteiger partial charge in [0.15, 0.2) is 0 Å². The zero-order chi connectivity index (χ0) is 12.7. The summed E-state index contributed by atoms with van der Waals surface area (Å²) in [6.45, 7) is 8.68. The lowest BCUT2D eigenvalue weighted by Crippen LogP contribution is -2.15. The minimum atomic E-state index is 0.495. The summed E-state index contributed by atoms with van der Waals surface area (Å²) >= 11 is 6.08. The summed E-state index contributed by atoms with van der Waals surface area (Å²) in [7, 11) is 0. The number of hydrogen-bond donors (Lipinski definition) is 1. The molecule has 4 heteroatoms. The number of aromatic nitrogens is 1. The summed E-state index contributed by atoms with van der Waals surface area (Å²) in [5.74, 6) is 1.14. The van der Waals surface area contributed by atoms with Crippen LogP contribution in [0.1, 0.15) is 32.9 Å². The third kappa shape index (κ3) is 5.37. The van der Waals surface area contributed by atoms with Gasteiger partial charge in [-0.2, -0.15) is 0 Å². The summed E-state index contributed by atoms with van der Waals surface area (Å²) in [5, 5.41) is 3.97. The van der Waals surface area contributed by atoms with Crippen molar-refractivity contribution in [3.8, 4) is 5.88 Å². The van der Waals surface area contributed by atoms with Crippen molar-refractivity contribution in [3.05, 3.63) is 22.8 Å². The van der Waals surface area contributed by atoms with Crippen molar-refractivity contribution < 1.29 is 4.74 Å². The summed E-state index contributed by atoms with van der Waals surface area (Å²) in [6, 6.07) is 3.65. The van der Waals surface area contributed by atoms with E-state index in [0.717, 1.165) is 18.7 Å². The van der Waals surface area contributed by atoms with Gasteiger partial charge in [0.25, 0.3) is 0 Å². The van der Waals surface area contributed by atoms with E-state index in [0.29, 0.717) is 30.0 Å². The van der Waals surface area contributed by atoms with Gasteiger partial charge >= 0.3 is 0 Å². The molecule has 0 amide bonds. The third-order valence-electron chi connectivity index (χ3n) is 2.18. The van der Waals surface area contributed by atoms with Gasteiger partial charge in [-0.3, -0.25) is 0 Å². The van der Waals surface area contributed by atoms with Crippen molar-refractivity contribution in [1.29, 1.82) is 0 Å². The van der Waals surface area contributed by atoms with Crippen molar-refractivity contribution in [2.45, 2.75) is 33.7 Å². The standard InChI is InChI=1S/C13H21ClN2O/c1-4-7-15-8-12-11(14)5-6-13(16-12)17-9-10(2)3/h5-6,10,15H,4,7-9H2,1-3H3. The number of hydrogen-bond acceptors (Lipinski definition) is 3. The second-order valence-corrected chi connectivity index (χ2v) is 4.87. The molecule has 1 aromatic heterocycles. The molecule has 0 unspecified atom stereocenters. The summed E-state index contributed by atoms with van der Waals surface area (Å²) in [6.07, 6.45) is 1.10. The Kier molecular flexibility index (Phi) is 6.30. The molecule has 1 N–H and O–H groups in total. The molecule has 0 bridgehead atoms. The maximum Gasteiger partial charge on any atom is 0.213 e. The van der Waals surface area contributed by atoms with E-state index in [1.54, 1.807) is 0 Å². The van der Waals surface area contributed by atoms with Gasteiger partial charge < -0.3 is 10.1 Å². The van der Waals surface area contributed by atoms with Gasteiger partial charge in [0, 0.05) is 12.6 Å². The van der Waals surface area contributed by atoms with Gasteiger partial charge in [-0.25, -0.2) is 4.98 Å². The van der Waals surface area contributed by atoms with Crippen LogP contribution in [-0.2, 0) is 6.54 Å². The van der Waals surface area contributed by atoms with Gasteiger partial charge in [-0.1, -0.05) is 32.4 Å². The molecule has 1 heterocycles. The van der Waals surface area contributed by atoms with Crippen molar-refractivity contribution in [2.75, 3.05) is 13.2 Å². The Labute approximate surface area is 109 Å². The number of nitrogens with one attached hydrogen (secondary N) is 1. The van der Waals surface area contributed by atoms with Gasteiger partial charge in [-0.15, -0.1) is 0 Å². The quantitative estimate of drug-likeness (QED) is 0.761. The number of ether oxygens (including phenoxy) is 1. The van der Waals surface area contributed by atoms with Crippen LogP contribution in [0.25, 0.3) is 0 Å². The van der Waals surface area contributed by atoms with E-state index in [1.807, 2.05) is 12.1 Å². The predicted molar refractivity (Wildman–Crippen MR) is 71.6 cm³/mol. The van der Waals surface area contributed by atoms with Gasteiger partial charge in [-0.05, 0) is 24.9 Å². The van der Waals surface area contributed by atoms with E-state index in [4.69, 9.17) is 16.3 Å². The minimum Gasteiger partial charge on any atom is -0.477 e. The monoisotopic (exact) mass is 256 g/mol. The zero-order valence-corrected chi connectivity index (χ0v) is 11.5. The molecule has 0 aliphatic heterocycles. The SMILES string of the molecule is CCCNCc1nc(OCC(C)C)ccc1Cl. The van der Waals surface area contributed by atoms with Crippen molar-refractivity contribution >= 4 is 11.6 Å². The summed E-state index contributed by atoms with van der Waals surface area (Å²) in [4.78, 5) is 4.40. The first kappa shape index (κ1) is 14.3. The molecule has 1 aromatic rings. The maximum absolute atomic E-state index is 6.08. The Hall–Kier alpha value is -0.800. The Balaban J connectivity index is 2.59. The van der Waals surface area contributed by atoms with E-state index in [-0.39, 0.29) is 0 Å². The highest BCUT2D eigenvalue weighted by atomic mass is 35.5. The van der Waals surface area contributed by atoms with Gasteiger partial charge in [0.2, 0.25) is 5.88 Å². The van der Waals surface area contributed by atoms with Gasteiger partial charge in [0.05, 0.1) is 17.3 Å². The summed E-state index contributed by atoms with van der Waals surface area (Å²) in [5.41, 5.74) is 0.848. The van der Waals surface area contributed by atoms with E-state index >= 15 is 0 Å². The number of rotatable bonds is 7. The number of nitrogens with zero attached hydrogens (tertiary/aromatic N) is 1. The maximum atomic E-state index is 6.08. The Morgan fingerprint density at radius 3 is 2.82 bits per heavy atom. The van der Waals surface area contributed by atoms with Crippen molar-refractivity contribution in [3.63, 3.8) is 0 Å². The molecular formula is C13H21ClN2O. The fourth-order valence-electron chi connectivity index (χ4n) is 1.30. The Morgan fingerprint density at radius 2 is 2.18 bits per heavy atom. The molecule has 1 rings (SSSR count). The van der Waals surface area contributed by atoms with E-state index in [2.05, 4.69) is 31.1 Å². The average molecular weight is 257 g/mol. The predicted octanol–water partition coefficient (Wildman–Crippen LogP) is 3.27. The molecule has 3 nitrogen and oxygen atoms in total. The topological polar surface area (TPSA) is 34.2 Å². The van der Waals surface area contributed by atoms with E-state index < -0.39 is 0 Å². The molecular weight excluding hydrogens is 236 g/mol. The molecule has 0 fully saturated rings. The van der Waals surface area contributed by atoms with Crippen LogP contribution in [0.2, 0.25) is 5.02 Å². The second-order valence-electron chi connectivity index (χ2n) is 4.46. The molecule has 0 aliphatic carbocycles. The summed E-state index contributed by atoms with van der Waals surface area (Å²) < 4.78 is 5.57. The minimum absolute atomic E-state index is 0.495. The first-order chi connectivity index (χ1) is 8.13. The molecule has 17 heavy (non-hydrogen) atoms. The largest absolute Gasteiger partial charge is 0.477 e. The Bertz CT molecular complexity index is 342. The normalized spacial score (nSPS) is 10.9. The molecule has 0 saturated heterocycles. The fourth-order valence-corrected chi connectivity index (χ4v) is 1.48. The highest BCUT2D eigenvalue weighted by Gasteiger charge is 2.05. The van der Waals surface area contributed by atoms with E-state index in [9.17, 15) is 0 Å².